The van der Waals surface area contributed by atoms with E-state index >= 15 is 0 Å². The first-order valence-electron chi connectivity index (χ1n) is 13.4. The summed E-state index contributed by atoms with van der Waals surface area (Å²) < 4.78 is 0. The Bertz CT molecular complexity index is 661. The van der Waals surface area contributed by atoms with Crippen LogP contribution in [0.3, 0.4) is 0 Å². The van der Waals surface area contributed by atoms with Gasteiger partial charge in [-0.25, -0.2) is 0 Å². The monoisotopic (exact) mass is 412 g/mol. The molecular formula is C29H48O. The van der Waals surface area contributed by atoms with E-state index in [2.05, 4.69) is 52.8 Å². The highest BCUT2D eigenvalue weighted by molar-refractivity contribution is 5.25. The van der Waals surface area contributed by atoms with Crippen LogP contribution in [-0.2, 0) is 0 Å². The van der Waals surface area contributed by atoms with Gasteiger partial charge < -0.3 is 5.11 Å². The predicted octanol–water partition coefficient (Wildman–Crippen LogP) is 7.94. The molecule has 4 aliphatic rings. The highest BCUT2D eigenvalue weighted by Gasteiger charge is 2.58. The Labute approximate surface area is 186 Å². The molecule has 3 fully saturated rings. The molecule has 0 radical (unpaired) electrons. The molecular weight excluding hydrogens is 364 g/mol. The van der Waals surface area contributed by atoms with Gasteiger partial charge in [0.2, 0.25) is 0 Å². The molecule has 0 heterocycles. The summed E-state index contributed by atoms with van der Waals surface area (Å²) in [6.07, 6.45) is 21.8. The highest BCUT2D eigenvalue weighted by atomic mass is 16.3. The van der Waals surface area contributed by atoms with Crippen molar-refractivity contribution in [2.24, 2.45) is 46.3 Å². The quantitative estimate of drug-likeness (QED) is 0.439. The smallest absolute Gasteiger partial charge is 0.0577 e. The molecule has 0 unspecified atom stereocenters. The van der Waals surface area contributed by atoms with Crippen molar-refractivity contribution in [3.63, 3.8) is 0 Å². The first-order chi connectivity index (χ1) is 14.3. The van der Waals surface area contributed by atoms with Crippen LogP contribution in [0.15, 0.2) is 23.8 Å². The van der Waals surface area contributed by atoms with Crippen molar-refractivity contribution in [2.45, 2.75) is 111 Å². The second kappa shape index (κ2) is 8.76. The summed E-state index contributed by atoms with van der Waals surface area (Å²) >= 11 is 0. The number of aliphatic hydroxyl groups excluding tert-OH is 1. The molecule has 1 heteroatoms. The summed E-state index contributed by atoms with van der Waals surface area (Å²) in [5.74, 6) is 5.03. The molecule has 0 aromatic carbocycles. The minimum atomic E-state index is -0.0853. The van der Waals surface area contributed by atoms with Gasteiger partial charge in [-0.05, 0) is 111 Å². The number of fused-ring (bicyclic) bond motifs is 5. The van der Waals surface area contributed by atoms with Crippen LogP contribution in [0, 0.1) is 46.3 Å². The second-order valence-electron chi connectivity index (χ2n) is 12.1. The van der Waals surface area contributed by atoms with Crippen LogP contribution in [-0.4, -0.2) is 11.2 Å². The molecule has 30 heavy (non-hydrogen) atoms. The Hall–Kier alpha value is -0.560. The molecule has 9 atom stereocenters. The third kappa shape index (κ3) is 3.76. The summed E-state index contributed by atoms with van der Waals surface area (Å²) in [5, 5.41) is 10.2. The largest absolute Gasteiger partial charge is 0.393 e. The van der Waals surface area contributed by atoms with Gasteiger partial charge in [-0.1, -0.05) is 64.8 Å². The number of aliphatic hydroxyl groups is 1. The van der Waals surface area contributed by atoms with Crippen LogP contribution in [0.25, 0.3) is 0 Å². The summed E-state index contributed by atoms with van der Waals surface area (Å²) in [4.78, 5) is 0. The molecule has 170 valence electrons. The lowest BCUT2D eigenvalue weighted by Crippen LogP contribution is -2.50. The molecule has 0 aromatic rings. The lowest BCUT2D eigenvalue weighted by molar-refractivity contribution is -0.0540. The van der Waals surface area contributed by atoms with Crippen molar-refractivity contribution in [2.75, 3.05) is 0 Å². The molecule has 4 rings (SSSR count). The zero-order chi connectivity index (χ0) is 21.5. The standard InChI is InChI=1S/C29H48O/c1-6-8-21(7-2)10-9-20(3)25-13-14-26-24-12-11-22-19-23(30)15-17-28(22,4)27(24)16-18-29(25,26)5/h9-11,20-21,23-27,30H,6-8,12-19H2,1-5H3/b10-9+/t20-,21+,23-,24+,25+,26+,27+,28-,29+/m0/s1. The molecule has 0 amide bonds. The van der Waals surface area contributed by atoms with Gasteiger partial charge in [-0.3, -0.25) is 0 Å². The molecule has 0 aromatic heterocycles. The summed E-state index contributed by atoms with van der Waals surface area (Å²) in [7, 11) is 0. The van der Waals surface area contributed by atoms with Crippen molar-refractivity contribution >= 4 is 0 Å². The minimum absolute atomic E-state index is 0.0853. The zero-order valence-electron chi connectivity index (χ0n) is 20.5. The first kappa shape index (κ1) is 22.6. The van der Waals surface area contributed by atoms with Gasteiger partial charge >= 0.3 is 0 Å². The number of hydrogen-bond acceptors (Lipinski definition) is 1. The van der Waals surface area contributed by atoms with Crippen molar-refractivity contribution in [3.8, 4) is 0 Å². The Morgan fingerprint density at radius 2 is 1.87 bits per heavy atom. The normalized spacial score (nSPS) is 45.4. The van der Waals surface area contributed by atoms with E-state index in [1.54, 1.807) is 5.57 Å². The predicted molar refractivity (Wildman–Crippen MR) is 128 cm³/mol. The van der Waals surface area contributed by atoms with Crippen LogP contribution in [0.4, 0.5) is 0 Å². The van der Waals surface area contributed by atoms with Crippen molar-refractivity contribution in [1.82, 2.24) is 0 Å². The van der Waals surface area contributed by atoms with Gasteiger partial charge in [0.1, 0.15) is 0 Å². The summed E-state index contributed by atoms with van der Waals surface area (Å²) in [5.41, 5.74) is 2.52. The van der Waals surface area contributed by atoms with Gasteiger partial charge in [0.25, 0.3) is 0 Å². The van der Waals surface area contributed by atoms with E-state index < -0.39 is 0 Å². The lowest BCUT2D eigenvalue weighted by atomic mass is 9.47. The average Bonchev–Trinajstić information content (AvgIpc) is 3.08. The van der Waals surface area contributed by atoms with E-state index in [1.165, 1.54) is 57.8 Å². The molecule has 1 nitrogen and oxygen atoms in total. The maximum atomic E-state index is 10.2. The number of allylic oxidation sites excluding steroid dienone is 3. The lowest BCUT2D eigenvalue weighted by Gasteiger charge is -2.58. The van der Waals surface area contributed by atoms with Crippen molar-refractivity contribution in [1.29, 1.82) is 0 Å². The molecule has 0 saturated heterocycles. The highest BCUT2D eigenvalue weighted by Crippen LogP contribution is 2.67. The van der Waals surface area contributed by atoms with Gasteiger partial charge in [0, 0.05) is 0 Å². The fourth-order valence-electron chi connectivity index (χ4n) is 8.82. The number of hydrogen-bond donors (Lipinski definition) is 1. The fraction of sp³-hybridized carbons (Fsp3) is 0.862. The average molecular weight is 413 g/mol. The summed E-state index contributed by atoms with van der Waals surface area (Å²) in [6.45, 7) is 12.4. The van der Waals surface area contributed by atoms with Crippen molar-refractivity contribution in [3.05, 3.63) is 23.8 Å². The van der Waals surface area contributed by atoms with Crippen LogP contribution in [0.5, 0.6) is 0 Å². The summed E-state index contributed by atoms with van der Waals surface area (Å²) in [6, 6.07) is 0. The van der Waals surface area contributed by atoms with Gasteiger partial charge in [0.05, 0.1) is 6.10 Å². The molecule has 3 saturated carbocycles. The van der Waals surface area contributed by atoms with Crippen LogP contribution >= 0.6 is 0 Å². The van der Waals surface area contributed by atoms with E-state index in [9.17, 15) is 5.11 Å². The van der Waals surface area contributed by atoms with E-state index in [-0.39, 0.29) is 6.10 Å². The topological polar surface area (TPSA) is 20.2 Å². The Morgan fingerprint density at radius 3 is 2.60 bits per heavy atom. The maximum absolute atomic E-state index is 10.2. The van der Waals surface area contributed by atoms with Crippen LogP contribution in [0.1, 0.15) is 105 Å². The van der Waals surface area contributed by atoms with Gasteiger partial charge in [-0.2, -0.15) is 0 Å². The first-order valence-corrected chi connectivity index (χ1v) is 13.4. The second-order valence-corrected chi connectivity index (χ2v) is 12.1. The zero-order valence-corrected chi connectivity index (χ0v) is 20.5. The third-order valence-electron chi connectivity index (χ3n) is 10.7. The van der Waals surface area contributed by atoms with E-state index in [1.807, 2.05) is 0 Å². The van der Waals surface area contributed by atoms with E-state index in [0.717, 1.165) is 48.3 Å². The molecule has 0 bridgehead atoms. The van der Waals surface area contributed by atoms with Crippen LogP contribution < -0.4 is 0 Å². The number of rotatable bonds is 6. The van der Waals surface area contributed by atoms with Gasteiger partial charge in [0.15, 0.2) is 0 Å². The maximum Gasteiger partial charge on any atom is 0.0577 e. The third-order valence-corrected chi connectivity index (χ3v) is 10.7. The molecule has 1 N–H and O–H groups in total. The molecule has 4 aliphatic carbocycles. The van der Waals surface area contributed by atoms with Crippen LogP contribution in [0.2, 0.25) is 0 Å². The van der Waals surface area contributed by atoms with E-state index in [0.29, 0.717) is 10.8 Å². The Morgan fingerprint density at radius 1 is 1.07 bits per heavy atom. The fourth-order valence-corrected chi connectivity index (χ4v) is 8.82. The minimum Gasteiger partial charge on any atom is -0.393 e. The Balaban J connectivity index is 1.51. The Kier molecular flexibility index (Phi) is 6.61. The van der Waals surface area contributed by atoms with Gasteiger partial charge in [-0.15, -0.1) is 0 Å². The molecule has 0 spiro atoms. The van der Waals surface area contributed by atoms with E-state index in [4.69, 9.17) is 0 Å². The van der Waals surface area contributed by atoms with Crippen molar-refractivity contribution < 1.29 is 5.11 Å². The SMILES string of the molecule is CCC[C@H](/C=C/[C@H](C)[C@H]1CC[C@@H]2[C@H]3CC=C4C[C@@H](O)CC[C@]4(C)[C@@H]3CC[C@@]21C)CC. The molecule has 0 aliphatic heterocycles.